The Kier molecular flexibility index (Phi) is 8.25. The Labute approximate surface area is 296 Å². The molecule has 0 spiro atoms. The average Bonchev–Trinajstić information content (AvgIpc) is 3.77. The van der Waals surface area contributed by atoms with Gasteiger partial charge in [0.15, 0.2) is 0 Å². The molecule has 9 rings (SSSR count). The highest BCUT2D eigenvalue weighted by molar-refractivity contribution is 6.08. The largest absolute Gasteiger partial charge is 0.340 e. The van der Waals surface area contributed by atoms with E-state index in [0.717, 1.165) is 13.1 Å². The van der Waals surface area contributed by atoms with Crippen LogP contribution >= 0.6 is 0 Å². The van der Waals surface area contributed by atoms with E-state index < -0.39 is 0 Å². The smallest absolute Gasteiger partial charge is 0.0491 e. The van der Waals surface area contributed by atoms with Crippen molar-refractivity contribution in [1.82, 2.24) is 9.13 Å². The van der Waals surface area contributed by atoms with Crippen molar-refractivity contribution in [3.05, 3.63) is 157 Å². The van der Waals surface area contributed by atoms with Crippen molar-refractivity contribution in [1.29, 1.82) is 0 Å². The third kappa shape index (κ3) is 5.24. The Hall–Kier alpha value is -5.08. The molecule has 50 heavy (non-hydrogen) atoms. The highest BCUT2D eigenvalue weighted by Gasteiger charge is 2.41. The molecule has 2 aromatic heterocycles. The maximum Gasteiger partial charge on any atom is 0.0491 e. The second kappa shape index (κ2) is 13.3. The molecule has 8 aromatic rings. The third-order valence-corrected chi connectivity index (χ3v) is 11.8. The molecular formula is C48H46N2. The molecule has 0 unspecified atom stereocenters. The summed E-state index contributed by atoms with van der Waals surface area (Å²) >= 11 is 0. The predicted molar refractivity (Wildman–Crippen MR) is 213 cm³/mol. The molecular weight excluding hydrogens is 605 g/mol. The van der Waals surface area contributed by atoms with Crippen LogP contribution in [-0.2, 0) is 18.5 Å². The molecule has 2 heteroatoms. The van der Waals surface area contributed by atoms with Crippen LogP contribution in [0.25, 0.3) is 54.7 Å². The Bertz CT molecular complexity index is 2290. The monoisotopic (exact) mass is 650 g/mol. The van der Waals surface area contributed by atoms with Gasteiger partial charge in [0.1, 0.15) is 0 Å². The predicted octanol–water partition coefficient (Wildman–Crippen LogP) is 13.1. The Morgan fingerprint density at radius 1 is 0.320 bits per heavy atom. The summed E-state index contributed by atoms with van der Waals surface area (Å²) in [5.74, 6) is 0. The summed E-state index contributed by atoms with van der Waals surface area (Å²) in [5.41, 5.74) is 11.6. The number of benzene rings is 6. The first-order chi connectivity index (χ1) is 24.8. The van der Waals surface area contributed by atoms with Crippen molar-refractivity contribution in [3.63, 3.8) is 0 Å². The number of aromatic nitrogens is 2. The van der Waals surface area contributed by atoms with Crippen LogP contribution in [-0.4, -0.2) is 9.13 Å². The maximum atomic E-state index is 2.56. The minimum absolute atomic E-state index is 0.104. The summed E-state index contributed by atoms with van der Waals surface area (Å²) in [7, 11) is 0. The topological polar surface area (TPSA) is 9.86 Å². The van der Waals surface area contributed by atoms with E-state index in [1.54, 1.807) is 11.1 Å². The van der Waals surface area contributed by atoms with E-state index in [-0.39, 0.29) is 5.41 Å². The first-order valence-electron chi connectivity index (χ1n) is 18.9. The Morgan fingerprint density at radius 2 is 0.640 bits per heavy atom. The standard InChI is InChI=1S/C48H46N2/c1(2-18-34-49-44-28-12-6-22-38(44)39-23-7-13-29-45(39)49)16-32-48(42-26-10-4-20-36(42)37-21-5-11-27-43(37)48)33-17-3-19-35-50-46-30-14-8-24-40(46)41-25-9-15-31-47(41)50/h4-15,20-31H,1-3,16-19,32-35H2. The minimum atomic E-state index is 0.104. The molecule has 0 saturated carbocycles. The van der Waals surface area contributed by atoms with Crippen molar-refractivity contribution in [3.8, 4) is 11.1 Å². The number of rotatable bonds is 13. The molecule has 0 bridgehead atoms. The molecule has 248 valence electrons. The molecule has 6 aromatic carbocycles. The molecule has 1 aliphatic carbocycles. The van der Waals surface area contributed by atoms with Gasteiger partial charge in [0.05, 0.1) is 0 Å². The number of hydrogen-bond donors (Lipinski definition) is 0. The van der Waals surface area contributed by atoms with Gasteiger partial charge in [0.2, 0.25) is 0 Å². The molecule has 0 aliphatic heterocycles. The number of unbranched alkanes of at least 4 members (excludes halogenated alkanes) is 5. The van der Waals surface area contributed by atoms with E-state index in [4.69, 9.17) is 0 Å². The van der Waals surface area contributed by atoms with Gasteiger partial charge >= 0.3 is 0 Å². The summed E-state index contributed by atoms with van der Waals surface area (Å²) in [6, 6.07) is 54.3. The lowest BCUT2D eigenvalue weighted by molar-refractivity contribution is 0.397. The molecule has 0 atom stereocenters. The Balaban J connectivity index is 0.891. The van der Waals surface area contributed by atoms with Crippen molar-refractivity contribution >= 4 is 43.6 Å². The fourth-order valence-electron chi connectivity index (χ4n) is 9.49. The van der Waals surface area contributed by atoms with Crippen molar-refractivity contribution in [2.75, 3.05) is 0 Å². The molecule has 1 aliphatic rings. The zero-order valence-electron chi connectivity index (χ0n) is 29.0. The van der Waals surface area contributed by atoms with Gasteiger partial charge in [-0.15, -0.1) is 0 Å². The van der Waals surface area contributed by atoms with Crippen LogP contribution in [0.15, 0.2) is 146 Å². The van der Waals surface area contributed by atoms with Crippen LogP contribution < -0.4 is 0 Å². The second-order valence-corrected chi connectivity index (χ2v) is 14.5. The van der Waals surface area contributed by atoms with Gasteiger partial charge in [0, 0.05) is 62.1 Å². The first kappa shape index (κ1) is 30.9. The molecule has 0 saturated heterocycles. The number of hydrogen-bond acceptors (Lipinski definition) is 0. The quantitative estimate of drug-likeness (QED) is 0.110. The molecule has 0 N–H and O–H groups in total. The lowest BCUT2D eigenvalue weighted by Crippen LogP contribution is -2.25. The van der Waals surface area contributed by atoms with E-state index in [1.165, 1.54) is 113 Å². The average molecular weight is 651 g/mol. The first-order valence-corrected chi connectivity index (χ1v) is 18.9. The molecule has 2 nitrogen and oxygen atoms in total. The molecule has 2 heterocycles. The van der Waals surface area contributed by atoms with Crippen LogP contribution in [0.4, 0.5) is 0 Å². The lowest BCUT2D eigenvalue weighted by Gasteiger charge is -2.33. The van der Waals surface area contributed by atoms with E-state index in [0.29, 0.717) is 0 Å². The second-order valence-electron chi connectivity index (χ2n) is 14.5. The van der Waals surface area contributed by atoms with Crippen molar-refractivity contribution in [2.24, 2.45) is 0 Å². The lowest BCUT2D eigenvalue weighted by atomic mass is 9.70. The van der Waals surface area contributed by atoms with Crippen molar-refractivity contribution in [2.45, 2.75) is 76.3 Å². The summed E-state index contributed by atoms with van der Waals surface area (Å²) in [4.78, 5) is 0. The van der Waals surface area contributed by atoms with E-state index in [9.17, 15) is 0 Å². The normalized spacial score (nSPS) is 13.4. The molecule has 0 radical (unpaired) electrons. The Morgan fingerprint density at radius 3 is 1.06 bits per heavy atom. The van der Waals surface area contributed by atoms with Crippen LogP contribution in [0.1, 0.15) is 68.9 Å². The van der Waals surface area contributed by atoms with Gasteiger partial charge in [-0.2, -0.15) is 0 Å². The number of fused-ring (bicyclic) bond motifs is 9. The summed E-state index contributed by atoms with van der Waals surface area (Å²) in [6.45, 7) is 2.15. The van der Waals surface area contributed by atoms with Gasteiger partial charge < -0.3 is 9.13 Å². The highest BCUT2D eigenvalue weighted by Crippen LogP contribution is 2.54. The highest BCUT2D eigenvalue weighted by atomic mass is 15.0. The van der Waals surface area contributed by atoms with Crippen LogP contribution in [0.2, 0.25) is 0 Å². The third-order valence-electron chi connectivity index (χ3n) is 11.8. The van der Waals surface area contributed by atoms with Gasteiger partial charge in [0.25, 0.3) is 0 Å². The van der Waals surface area contributed by atoms with Gasteiger partial charge in [-0.25, -0.2) is 0 Å². The summed E-state index contributed by atoms with van der Waals surface area (Å²) < 4.78 is 5.11. The number of aryl methyl sites for hydroxylation is 2. The van der Waals surface area contributed by atoms with E-state index >= 15 is 0 Å². The summed E-state index contributed by atoms with van der Waals surface area (Å²) in [5, 5.41) is 5.49. The molecule has 0 fully saturated rings. The fourth-order valence-corrected chi connectivity index (χ4v) is 9.49. The van der Waals surface area contributed by atoms with Gasteiger partial charge in [-0.3, -0.25) is 0 Å². The maximum absolute atomic E-state index is 2.56. The van der Waals surface area contributed by atoms with Crippen molar-refractivity contribution < 1.29 is 0 Å². The van der Waals surface area contributed by atoms with Crippen LogP contribution in [0.3, 0.4) is 0 Å². The van der Waals surface area contributed by atoms with Gasteiger partial charge in [-0.1, -0.05) is 153 Å². The van der Waals surface area contributed by atoms with Crippen LogP contribution in [0, 0.1) is 0 Å². The van der Waals surface area contributed by atoms with Gasteiger partial charge in [-0.05, 0) is 72.2 Å². The number of nitrogens with zero attached hydrogens (tertiary/aromatic N) is 2. The fraction of sp³-hybridized carbons (Fsp3) is 0.250. The van der Waals surface area contributed by atoms with Crippen LogP contribution in [0.5, 0.6) is 0 Å². The van der Waals surface area contributed by atoms with E-state index in [2.05, 4.69) is 155 Å². The summed E-state index contributed by atoms with van der Waals surface area (Å²) in [6.07, 6.45) is 11.1. The van der Waals surface area contributed by atoms with E-state index in [1.807, 2.05) is 0 Å². The number of para-hydroxylation sites is 4. The zero-order chi connectivity index (χ0) is 33.3. The zero-order valence-corrected chi connectivity index (χ0v) is 29.0. The minimum Gasteiger partial charge on any atom is -0.340 e. The SMILES string of the molecule is c1ccc2c(c1)-c1ccccc1C2(CCCCCCn1c2ccccc2c2ccccc21)CCCCCn1c2ccccc2c2ccccc21. The molecule has 0 amide bonds.